The number of para-hydroxylation sites is 1. The van der Waals surface area contributed by atoms with Gasteiger partial charge >= 0.3 is 5.97 Å². The summed E-state index contributed by atoms with van der Waals surface area (Å²) in [5.41, 5.74) is 2.19. The van der Waals surface area contributed by atoms with E-state index in [1.165, 1.54) is 11.3 Å². The second-order valence-corrected chi connectivity index (χ2v) is 8.12. The maximum atomic E-state index is 12.6. The lowest BCUT2D eigenvalue weighted by molar-refractivity contribution is -0.148. The summed E-state index contributed by atoms with van der Waals surface area (Å²) in [6.45, 7) is 5.56. The molecule has 0 spiro atoms. The molecule has 0 radical (unpaired) electrons. The van der Waals surface area contributed by atoms with E-state index in [0.29, 0.717) is 15.6 Å². The lowest BCUT2D eigenvalue weighted by Gasteiger charge is -2.20. The monoisotopic (exact) mass is 416 g/mol. The van der Waals surface area contributed by atoms with Crippen LogP contribution in [-0.2, 0) is 16.1 Å². The molecule has 7 heteroatoms. The zero-order valence-corrected chi connectivity index (χ0v) is 17.4. The van der Waals surface area contributed by atoms with E-state index in [4.69, 9.17) is 16.3 Å². The molecule has 0 unspecified atom stereocenters. The van der Waals surface area contributed by atoms with Crippen LogP contribution in [0.3, 0.4) is 0 Å². The number of carbonyl (C=O) groups excluding carboxylic acids is 2. The molecule has 0 aliphatic heterocycles. The van der Waals surface area contributed by atoms with Gasteiger partial charge in [-0.15, -0.1) is 11.3 Å². The van der Waals surface area contributed by atoms with Crippen LogP contribution in [-0.4, -0.2) is 22.9 Å². The highest BCUT2D eigenvalue weighted by atomic mass is 35.5. The van der Waals surface area contributed by atoms with Crippen LogP contribution in [0.2, 0.25) is 5.02 Å². The average Bonchev–Trinajstić information content (AvgIpc) is 3.22. The van der Waals surface area contributed by atoms with Crippen LogP contribution in [0.5, 0.6) is 0 Å². The van der Waals surface area contributed by atoms with E-state index in [0.717, 1.165) is 16.5 Å². The maximum Gasteiger partial charge on any atom is 0.329 e. The van der Waals surface area contributed by atoms with Crippen LogP contribution in [0.4, 0.5) is 0 Å². The molecule has 1 atom stereocenters. The summed E-state index contributed by atoms with van der Waals surface area (Å²) in [6.07, 6.45) is 0. The van der Waals surface area contributed by atoms with Crippen molar-refractivity contribution in [3.8, 4) is 0 Å². The lowest BCUT2D eigenvalue weighted by Crippen LogP contribution is -2.45. The Labute approximate surface area is 172 Å². The van der Waals surface area contributed by atoms with Gasteiger partial charge < -0.3 is 10.1 Å². The lowest BCUT2D eigenvalue weighted by atomic mass is 10.0. The Bertz CT molecular complexity index is 1000. The van der Waals surface area contributed by atoms with Gasteiger partial charge in [0.15, 0.2) is 0 Å². The number of ether oxygens (including phenoxy) is 1. The Kier molecular flexibility index (Phi) is 6.31. The molecule has 0 aliphatic rings. The number of nitrogens with one attached hydrogen (secondary N) is 1. The number of aromatic nitrogens is 1. The molecule has 1 amide bonds. The first-order valence-electron chi connectivity index (χ1n) is 8.93. The number of amides is 1. The summed E-state index contributed by atoms with van der Waals surface area (Å²) in [4.78, 5) is 30.0. The Morgan fingerprint density at radius 2 is 1.96 bits per heavy atom. The number of rotatable bonds is 6. The van der Waals surface area contributed by atoms with Gasteiger partial charge in [0, 0.05) is 5.39 Å². The summed E-state index contributed by atoms with van der Waals surface area (Å²) in [5.74, 6) is -0.926. The molecule has 0 saturated carbocycles. The van der Waals surface area contributed by atoms with Gasteiger partial charge in [-0.1, -0.05) is 49.7 Å². The van der Waals surface area contributed by atoms with Gasteiger partial charge in [-0.05, 0) is 35.9 Å². The summed E-state index contributed by atoms with van der Waals surface area (Å²) < 4.78 is 5.46. The molecule has 3 aromatic rings. The topological polar surface area (TPSA) is 68.3 Å². The van der Waals surface area contributed by atoms with E-state index >= 15 is 0 Å². The normalized spacial score (nSPS) is 12.2. The van der Waals surface area contributed by atoms with Crippen molar-refractivity contribution in [1.29, 1.82) is 0 Å². The van der Waals surface area contributed by atoms with E-state index in [1.54, 1.807) is 12.1 Å². The molecule has 2 aromatic heterocycles. The van der Waals surface area contributed by atoms with Crippen molar-refractivity contribution in [2.24, 2.45) is 5.92 Å². The van der Waals surface area contributed by atoms with E-state index < -0.39 is 12.0 Å². The van der Waals surface area contributed by atoms with Gasteiger partial charge in [0.2, 0.25) is 0 Å². The quantitative estimate of drug-likeness (QED) is 0.588. The molecule has 0 aliphatic carbocycles. The average molecular weight is 417 g/mol. The SMILES string of the molecule is Cc1c(Cl)c(COC(=O)[C@H](NC(=O)c2cccs2)C(C)C)nc2ccccc12. The number of aryl methyl sites for hydroxylation is 1. The fraction of sp³-hybridized carbons (Fsp3) is 0.286. The zero-order chi connectivity index (χ0) is 20.3. The third-order valence-electron chi connectivity index (χ3n) is 4.45. The third-order valence-corrected chi connectivity index (χ3v) is 5.82. The molecule has 0 saturated heterocycles. The largest absolute Gasteiger partial charge is 0.458 e. The number of halogens is 1. The molecule has 1 N–H and O–H groups in total. The van der Waals surface area contributed by atoms with Crippen LogP contribution in [0.15, 0.2) is 41.8 Å². The van der Waals surface area contributed by atoms with Crippen molar-refractivity contribution in [3.05, 3.63) is 62.9 Å². The molecule has 146 valence electrons. The van der Waals surface area contributed by atoms with Crippen LogP contribution in [0.25, 0.3) is 10.9 Å². The second-order valence-electron chi connectivity index (χ2n) is 6.79. The molecule has 2 heterocycles. The van der Waals surface area contributed by atoms with Crippen LogP contribution in [0, 0.1) is 12.8 Å². The number of pyridine rings is 1. The fourth-order valence-electron chi connectivity index (χ4n) is 2.86. The number of hydrogen-bond acceptors (Lipinski definition) is 5. The maximum absolute atomic E-state index is 12.6. The first-order chi connectivity index (χ1) is 13.4. The summed E-state index contributed by atoms with van der Waals surface area (Å²) in [6, 6.07) is 10.4. The Morgan fingerprint density at radius 1 is 1.21 bits per heavy atom. The van der Waals surface area contributed by atoms with Crippen molar-refractivity contribution >= 4 is 45.7 Å². The highest BCUT2D eigenvalue weighted by molar-refractivity contribution is 7.12. The van der Waals surface area contributed by atoms with E-state index in [-0.39, 0.29) is 18.4 Å². The van der Waals surface area contributed by atoms with Gasteiger partial charge in [0.1, 0.15) is 12.6 Å². The van der Waals surface area contributed by atoms with Gasteiger partial charge in [-0.2, -0.15) is 0 Å². The van der Waals surface area contributed by atoms with Crippen molar-refractivity contribution in [3.63, 3.8) is 0 Å². The van der Waals surface area contributed by atoms with E-state index in [9.17, 15) is 9.59 Å². The molecule has 1 aromatic carbocycles. The minimum absolute atomic E-state index is 0.0541. The molecular weight excluding hydrogens is 396 g/mol. The van der Waals surface area contributed by atoms with Crippen molar-refractivity contribution in [1.82, 2.24) is 10.3 Å². The fourth-order valence-corrected chi connectivity index (χ4v) is 3.69. The van der Waals surface area contributed by atoms with Gasteiger partial charge in [0.25, 0.3) is 5.91 Å². The van der Waals surface area contributed by atoms with E-state index in [1.807, 2.05) is 50.4 Å². The van der Waals surface area contributed by atoms with Crippen LogP contribution < -0.4 is 5.32 Å². The number of thiophene rings is 1. The molecule has 0 bridgehead atoms. The highest BCUT2D eigenvalue weighted by Gasteiger charge is 2.27. The van der Waals surface area contributed by atoms with Gasteiger partial charge in [-0.3, -0.25) is 4.79 Å². The van der Waals surface area contributed by atoms with Crippen molar-refractivity contribution < 1.29 is 14.3 Å². The number of nitrogens with zero attached hydrogens (tertiary/aromatic N) is 1. The minimum atomic E-state index is -0.755. The first kappa shape index (κ1) is 20.3. The molecular formula is C21H21ClN2O3S. The predicted molar refractivity (Wildman–Crippen MR) is 112 cm³/mol. The van der Waals surface area contributed by atoms with E-state index in [2.05, 4.69) is 10.3 Å². The molecule has 5 nitrogen and oxygen atoms in total. The number of hydrogen-bond donors (Lipinski definition) is 1. The third kappa shape index (κ3) is 4.34. The standard InChI is InChI=1S/C21H21ClN2O3S/c1-12(2)19(24-20(25)17-9-6-10-28-17)21(26)27-11-16-18(22)13(3)14-7-4-5-8-15(14)23-16/h4-10,12,19H,11H2,1-3H3,(H,24,25)/t19-/m1/s1. The Hall–Kier alpha value is -2.44. The van der Waals surface area contributed by atoms with Gasteiger partial charge in [-0.25, -0.2) is 9.78 Å². The first-order valence-corrected chi connectivity index (χ1v) is 10.2. The summed E-state index contributed by atoms with van der Waals surface area (Å²) >= 11 is 7.75. The molecule has 3 rings (SSSR count). The Morgan fingerprint density at radius 3 is 2.64 bits per heavy atom. The molecule has 28 heavy (non-hydrogen) atoms. The Balaban J connectivity index is 1.73. The molecule has 0 fully saturated rings. The number of esters is 1. The van der Waals surface area contributed by atoms with Crippen molar-refractivity contribution in [2.75, 3.05) is 0 Å². The zero-order valence-electron chi connectivity index (χ0n) is 15.9. The van der Waals surface area contributed by atoms with Crippen molar-refractivity contribution in [2.45, 2.75) is 33.4 Å². The summed E-state index contributed by atoms with van der Waals surface area (Å²) in [5, 5.41) is 6.01. The summed E-state index contributed by atoms with van der Waals surface area (Å²) in [7, 11) is 0. The minimum Gasteiger partial charge on any atom is -0.458 e. The number of carbonyl (C=O) groups is 2. The highest BCUT2D eigenvalue weighted by Crippen LogP contribution is 2.27. The predicted octanol–water partition coefficient (Wildman–Crippen LogP) is 4.76. The number of fused-ring (bicyclic) bond motifs is 1. The second kappa shape index (κ2) is 8.71. The van der Waals surface area contributed by atoms with Crippen LogP contribution in [0.1, 0.15) is 34.8 Å². The van der Waals surface area contributed by atoms with Crippen LogP contribution >= 0.6 is 22.9 Å². The van der Waals surface area contributed by atoms with Gasteiger partial charge in [0.05, 0.1) is 21.1 Å². The number of benzene rings is 1. The smallest absolute Gasteiger partial charge is 0.329 e.